The van der Waals surface area contributed by atoms with Crippen LogP contribution < -0.4 is 5.32 Å². The molecule has 118 valence electrons. The van der Waals surface area contributed by atoms with Crippen molar-refractivity contribution in [3.63, 3.8) is 0 Å². The summed E-state index contributed by atoms with van der Waals surface area (Å²) in [6.45, 7) is 7.03. The van der Waals surface area contributed by atoms with E-state index in [0.29, 0.717) is 17.6 Å². The molecule has 1 aromatic carbocycles. The van der Waals surface area contributed by atoms with E-state index in [9.17, 15) is 10.1 Å². The molecule has 0 aliphatic heterocycles. The van der Waals surface area contributed by atoms with E-state index in [1.807, 2.05) is 0 Å². The molecule has 0 atom stereocenters. The van der Waals surface area contributed by atoms with Crippen molar-refractivity contribution >= 4 is 17.3 Å². The van der Waals surface area contributed by atoms with Gasteiger partial charge in [-0.2, -0.15) is 0 Å². The van der Waals surface area contributed by atoms with Gasteiger partial charge in [-0.1, -0.05) is 11.6 Å². The highest BCUT2D eigenvalue weighted by Gasteiger charge is 2.09. The van der Waals surface area contributed by atoms with Crippen LogP contribution in [0.15, 0.2) is 18.2 Å². The Balaban J connectivity index is 2.26. The summed E-state index contributed by atoms with van der Waals surface area (Å²) in [6, 6.07) is 5.17. The van der Waals surface area contributed by atoms with Crippen molar-refractivity contribution in [3.8, 4) is 0 Å². The van der Waals surface area contributed by atoms with Crippen LogP contribution in [-0.2, 0) is 6.54 Å². The lowest BCUT2D eigenvalue weighted by Gasteiger charge is -2.20. The minimum Gasteiger partial charge on any atom is -0.313 e. The van der Waals surface area contributed by atoms with E-state index in [1.54, 1.807) is 6.07 Å². The molecule has 21 heavy (non-hydrogen) atoms. The molecule has 6 heteroatoms. The molecule has 0 amide bonds. The first kappa shape index (κ1) is 17.9. The number of nitrogens with zero attached hydrogens (tertiary/aromatic N) is 2. The lowest BCUT2D eigenvalue weighted by molar-refractivity contribution is -0.384. The second-order valence-electron chi connectivity index (χ2n) is 5.49. The van der Waals surface area contributed by atoms with E-state index in [1.165, 1.54) is 12.1 Å². The summed E-state index contributed by atoms with van der Waals surface area (Å²) in [6.07, 6.45) is 2.25. The quantitative estimate of drug-likeness (QED) is 0.431. The first-order valence-corrected chi connectivity index (χ1v) is 7.63. The van der Waals surface area contributed by atoms with Crippen molar-refractivity contribution in [1.29, 1.82) is 0 Å². The minimum absolute atomic E-state index is 0.0282. The number of nitro groups is 1. The highest BCUT2D eigenvalue weighted by molar-refractivity contribution is 6.31. The van der Waals surface area contributed by atoms with Crippen molar-refractivity contribution in [2.45, 2.75) is 39.3 Å². The first-order valence-electron chi connectivity index (χ1n) is 7.25. The Morgan fingerprint density at radius 1 is 1.38 bits per heavy atom. The molecular formula is C15H24ClN3O2. The van der Waals surface area contributed by atoms with Gasteiger partial charge in [0.05, 0.1) is 9.95 Å². The van der Waals surface area contributed by atoms with Crippen LogP contribution in [0.1, 0.15) is 32.3 Å². The average Bonchev–Trinajstić information content (AvgIpc) is 2.43. The molecule has 1 aromatic rings. The minimum atomic E-state index is -0.436. The first-order chi connectivity index (χ1) is 9.91. The Morgan fingerprint density at radius 3 is 2.67 bits per heavy atom. The topological polar surface area (TPSA) is 58.4 Å². The van der Waals surface area contributed by atoms with Gasteiger partial charge in [0, 0.05) is 24.7 Å². The predicted molar refractivity (Wildman–Crippen MR) is 86.8 cm³/mol. The van der Waals surface area contributed by atoms with Crippen molar-refractivity contribution in [3.05, 3.63) is 38.9 Å². The Morgan fingerprint density at radius 2 is 2.10 bits per heavy atom. The molecule has 0 radical (unpaired) electrons. The lowest BCUT2D eigenvalue weighted by Crippen LogP contribution is -2.27. The monoisotopic (exact) mass is 313 g/mol. The van der Waals surface area contributed by atoms with E-state index >= 15 is 0 Å². The van der Waals surface area contributed by atoms with Crippen molar-refractivity contribution in [2.75, 3.05) is 20.1 Å². The second-order valence-corrected chi connectivity index (χ2v) is 5.90. The fraction of sp³-hybridized carbons (Fsp3) is 0.600. The van der Waals surface area contributed by atoms with Crippen molar-refractivity contribution < 1.29 is 4.92 Å². The summed E-state index contributed by atoms with van der Waals surface area (Å²) >= 11 is 6.04. The smallest absolute Gasteiger partial charge is 0.270 e. The largest absolute Gasteiger partial charge is 0.313 e. The molecule has 1 N–H and O–H groups in total. The van der Waals surface area contributed by atoms with Crippen LogP contribution in [0.3, 0.4) is 0 Å². The highest BCUT2D eigenvalue weighted by atomic mass is 35.5. The number of hydrogen-bond donors (Lipinski definition) is 1. The molecule has 0 bridgehead atoms. The molecule has 0 heterocycles. The zero-order chi connectivity index (χ0) is 15.8. The van der Waals surface area contributed by atoms with Crippen LogP contribution >= 0.6 is 11.6 Å². The van der Waals surface area contributed by atoms with Crippen LogP contribution in [-0.4, -0.2) is 36.0 Å². The molecule has 0 aliphatic carbocycles. The van der Waals surface area contributed by atoms with Crippen LogP contribution in [0.25, 0.3) is 0 Å². The predicted octanol–water partition coefficient (Wildman–Crippen LogP) is 3.46. The molecule has 0 unspecified atom stereocenters. The third-order valence-corrected chi connectivity index (χ3v) is 3.91. The van der Waals surface area contributed by atoms with E-state index < -0.39 is 4.92 Å². The molecule has 5 nitrogen and oxygen atoms in total. The molecule has 0 fully saturated rings. The van der Waals surface area contributed by atoms with Crippen LogP contribution in [0.4, 0.5) is 5.69 Å². The van der Waals surface area contributed by atoms with Crippen molar-refractivity contribution in [2.24, 2.45) is 0 Å². The molecular weight excluding hydrogens is 290 g/mol. The zero-order valence-electron chi connectivity index (χ0n) is 12.9. The lowest BCUT2D eigenvalue weighted by atomic mass is 10.2. The van der Waals surface area contributed by atoms with Gasteiger partial charge in [-0.3, -0.25) is 10.1 Å². The fourth-order valence-electron chi connectivity index (χ4n) is 1.89. The van der Waals surface area contributed by atoms with E-state index in [4.69, 9.17) is 11.6 Å². The maximum Gasteiger partial charge on any atom is 0.270 e. The molecule has 0 aliphatic rings. The summed E-state index contributed by atoms with van der Waals surface area (Å²) in [5.74, 6) is 0. The SMILES string of the molecule is CC(C)N(C)CCCCNCc1ccc([N+](=O)[O-])cc1Cl. The summed E-state index contributed by atoms with van der Waals surface area (Å²) in [4.78, 5) is 12.5. The Hall–Kier alpha value is -1.17. The van der Waals surface area contributed by atoms with Gasteiger partial charge in [-0.15, -0.1) is 0 Å². The van der Waals surface area contributed by atoms with Gasteiger partial charge in [0.2, 0.25) is 0 Å². The summed E-state index contributed by atoms with van der Waals surface area (Å²) in [5, 5.41) is 14.4. The van der Waals surface area contributed by atoms with Gasteiger partial charge in [-0.05, 0) is 58.5 Å². The molecule has 1 rings (SSSR count). The summed E-state index contributed by atoms with van der Waals surface area (Å²) < 4.78 is 0. The third kappa shape index (κ3) is 6.42. The molecule has 0 saturated carbocycles. The summed E-state index contributed by atoms with van der Waals surface area (Å²) in [5.41, 5.74) is 0.919. The Kier molecular flexibility index (Phi) is 7.64. The number of halogens is 1. The zero-order valence-corrected chi connectivity index (χ0v) is 13.7. The maximum absolute atomic E-state index is 10.6. The van der Waals surface area contributed by atoms with Crippen LogP contribution in [0.2, 0.25) is 5.02 Å². The van der Waals surface area contributed by atoms with Gasteiger partial charge < -0.3 is 10.2 Å². The average molecular weight is 314 g/mol. The number of nitrogens with one attached hydrogen (secondary N) is 1. The molecule has 0 spiro atoms. The normalized spacial score (nSPS) is 11.3. The summed E-state index contributed by atoms with van der Waals surface area (Å²) in [7, 11) is 2.13. The third-order valence-electron chi connectivity index (χ3n) is 3.56. The Labute approximate surface area is 131 Å². The second kappa shape index (κ2) is 8.97. The van der Waals surface area contributed by atoms with E-state index in [-0.39, 0.29) is 5.69 Å². The van der Waals surface area contributed by atoms with Gasteiger partial charge in [0.15, 0.2) is 0 Å². The molecule has 0 aromatic heterocycles. The number of benzene rings is 1. The molecule has 0 saturated heterocycles. The Bertz CT molecular complexity index is 466. The van der Waals surface area contributed by atoms with E-state index in [0.717, 1.165) is 31.5 Å². The maximum atomic E-state index is 10.6. The van der Waals surface area contributed by atoms with Crippen molar-refractivity contribution in [1.82, 2.24) is 10.2 Å². The standard InChI is InChI=1S/C15H24ClN3O2/c1-12(2)18(3)9-5-4-8-17-11-13-6-7-14(19(20)21)10-15(13)16/h6-7,10,12,17H,4-5,8-9,11H2,1-3H3. The van der Waals surface area contributed by atoms with Gasteiger partial charge >= 0.3 is 0 Å². The number of nitro benzene ring substituents is 1. The highest BCUT2D eigenvalue weighted by Crippen LogP contribution is 2.22. The fourth-order valence-corrected chi connectivity index (χ4v) is 2.13. The number of rotatable bonds is 9. The van der Waals surface area contributed by atoms with Gasteiger partial charge in [0.1, 0.15) is 0 Å². The van der Waals surface area contributed by atoms with Gasteiger partial charge in [0.25, 0.3) is 5.69 Å². The van der Waals surface area contributed by atoms with Crippen LogP contribution in [0, 0.1) is 10.1 Å². The van der Waals surface area contributed by atoms with Crippen LogP contribution in [0.5, 0.6) is 0 Å². The van der Waals surface area contributed by atoms with E-state index in [2.05, 4.69) is 31.1 Å². The number of unbranched alkanes of at least 4 members (excludes halogenated alkanes) is 1. The van der Waals surface area contributed by atoms with Gasteiger partial charge in [-0.25, -0.2) is 0 Å². The number of non-ortho nitro benzene ring substituents is 1. The number of hydrogen-bond acceptors (Lipinski definition) is 4.